The maximum atomic E-state index is 12.9. The SMILES string of the molecule is CCCCCc1cc(C(=O)NS(=O)(=O)c2cccc(C(=O)NCCc3ccccc3OC)c2)cnc1C(=O)[O-]. The van der Waals surface area contributed by atoms with Crippen LogP contribution in [0.5, 0.6) is 5.75 Å². The quantitative estimate of drug-likeness (QED) is 0.306. The van der Waals surface area contributed by atoms with Crippen LogP contribution in [0.4, 0.5) is 0 Å². The van der Waals surface area contributed by atoms with Gasteiger partial charge in [0.1, 0.15) is 5.75 Å². The highest BCUT2D eigenvalue weighted by Crippen LogP contribution is 2.18. The molecule has 0 aliphatic carbocycles. The zero-order chi connectivity index (χ0) is 28.4. The van der Waals surface area contributed by atoms with Gasteiger partial charge in [-0.25, -0.2) is 13.1 Å². The molecule has 0 atom stereocenters. The zero-order valence-corrected chi connectivity index (χ0v) is 22.5. The number of amides is 2. The minimum atomic E-state index is -4.35. The van der Waals surface area contributed by atoms with Gasteiger partial charge in [0.05, 0.1) is 29.2 Å². The first-order valence-corrected chi connectivity index (χ1v) is 13.9. The number of hydrogen-bond acceptors (Lipinski definition) is 8. The number of benzene rings is 2. The highest BCUT2D eigenvalue weighted by atomic mass is 32.2. The molecule has 0 aliphatic rings. The lowest BCUT2D eigenvalue weighted by Gasteiger charge is -2.12. The van der Waals surface area contributed by atoms with Crippen LogP contribution in [0.3, 0.4) is 0 Å². The lowest BCUT2D eigenvalue weighted by Crippen LogP contribution is -2.32. The summed E-state index contributed by atoms with van der Waals surface area (Å²) in [7, 11) is -2.79. The topological polar surface area (TPSA) is 155 Å². The van der Waals surface area contributed by atoms with E-state index in [1.165, 1.54) is 30.3 Å². The fourth-order valence-corrected chi connectivity index (χ4v) is 4.96. The highest BCUT2D eigenvalue weighted by molar-refractivity contribution is 7.90. The number of aromatic carboxylic acids is 1. The number of para-hydroxylation sites is 1. The Labute approximate surface area is 227 Å². The summed E-state index contributed by atoms with van der Waals surface area (Å²) in [6.07, 6.45) is 4.29. The number of ether oxygens (including phenoxy) is 1. The number of carboxylic acids is 1. The van der Waals surface area contributed by atoms with Crippen molar-refractivity contribution in [1.82, 2.24) is 15.0 Å². The molecule has 0 bridgehead atoms. The molecule has 1 heterocycles. The number of methoxy groups -OCH3 is 1. The van der Waals surface area contributed by atoms with Gasteiger partial charge in [0.15, 0.2) is 0 Å². The molecule has 0 spiro atoms. The fraction of sp³-hybridized carbons (Fsp3) is 0.286. The molecule has 0 saturated carbocycles. The van der Waals surface area contributed by atoms with Crippen LogP contribution in [0, 0.1) is 0 Å². The Morgan fingerprint density at radius 1 is 0.923 bits per heavy atom. The summed E-state index contributed by atoms with van der Waals surface area (Å²) in [5, 5.41) is 14.1. The molecule has 0 fully saturated rings. The van der Waals surface area contributed by atoms with Crippen LogP contribution in [-0.2, 0) is 22.9 Å². The van der Waals surface area contributed by atoms with Gasteiger partial charge in [-0.1, -0.05) is 44.0 Å². The van der Waals surface area contributed by atoms with Crippen LogP contribution in [0.1, 0.15) is 68.5 Å². The van der Waals surface area contributed by atoms with Crippen LogP contribution in [0.15, 0.2) is 65.7 Å². The smallest absolute Gasteiger partial charge is 0.266 e. The number of carbonyl (C=O) groups excluding carboxylic acids is 3. The van der Waals surface area contributed by atoms with E-state index in [2.05, 4.69) is 10.3 Å². The molecule has 2 amide bonds. The molecule has 11 heteroatoms. The predicted molar refractivity (Wildman–Crippen MR) is 142 cm³/mol. The standard InChI is InChI=1S/C28H31N3O7S/c1-3-4-5-10-20-16-22(18-30-25(20)28(34)35)27(33)31-39(36,37)23-12-8-11-21(17-23)26(32)29-15-14-19-9-6-7-13-24(19)38-2/h6-9,11-13,16-18H,3-5,10,14-15H2,1-2H3,(H,29,32)(H,31,33)(H,34,35)/p-1. The zero-order valence-electron chi connectivity index (χ0n) is 21.7. The third-order valence-corrected chi connectivity index (χ3v) is 7.31. The summed E-state index contributed by atoms with van der Waals surface area (Å²) >= 11 is 0. The number of hydrogen-bond donors (Lipinski definition) is 2. The van der Waals surface area contributed by atoms with Crippen molar-refractivity contribution in [1.29, 1.82) is 0 Å². The molecule has 0 unspecified atom stereocenters. The molecule has 0 aliphatic heterocycles. The number of carboxylic acid groups (broad SMARTS) is 1. The summed E-state index contributed by atoms with van der Waals surface area (Å²) in [5.41, 5.74) is 0.911. The van der Waals surface area contributed by atoms with Gasteiger partial charge >= 0.3 is 0 Å². The lowest BCUT2D eigenvalue weighted by atomic mass is 10.0. The molecule has 2 N–H and O–H groups in total. The van der Waals surface area contributed by atoms with Crippen LogP contribution < -0.4 is 19.9 Å². The Hall–Kier alpha value is -4.25. The van der Waals surface area contributed by atoms with Crippen molar-refractivity contribution < 1.29 is 32.6 Å². The summed E-state index contributed by atoms with van der Waals surface area (Å²) < 4.78 is 33.1. The number of aromatic nitrogens is 1. The molecule has 0 radical (unpaired) electrons. The van der Waals surface area contributed by atoms with Crippen LogP contribution in [0.25, 0.3) is 0 Å². The van der Waals surface area contributed by atoms with Gasteiger partial charge in [-0.15, -0.1) is 0 Å². The number of pyridine rings is 1. The van der Waals surface area contributed by atoms with Crippen molar-refractivity contribution in [2.75, 3.05) is 13.7 Å². The van der Waals surface area contributed by atoms with Crippen LogP contribution in [0.2, 0.25) is 0 Å². The first-order valence-electron chi connectivity index (χ1n) is 12.4. The molecule has 10 nitrogen and oxygen atoms in total. The second-order valence-corrected chi connectivity index (χ2v) is 10.4. The first-order chi connectivity index (χ1) is 18.7. The largest absolute Gasteiger partial charge is 0.543 e. The molecule has 39 heavy (non-hydrogen) atoms. The number of nitrogens with one attached hydrogen (secondary N) is 2. The summed E-state index contributed by atoms with van der Waals surface area (Å²) in [4.78, 5) is 40.3. The van der Waals surface area contributed by atoms with Gasteiger partial charge in [0.25, 0.3) is 21.8 Å². The number of rotatable bonds is 13. The molecule has 1 aromatic heterocycles. The van der Waals surface area contributed by atoms with E-state index in [0.29, 0.717) is 37.1 Å². The van der Waals surface area contributed by atoms with E-state index < -0.39 is 27.8 Å². The molecular formula is C28H30N3O7S-. The Morgan fingerprint density at radius 2 is 1.69 bits per heavy atom. The summed E-state index contributed by atoms with van der Waals surface area (Å²) in [5.74, 6) is -2.23. The third kappa shape index (κ3) is 7.87. The predicted octanol–water partition coefficient (Wildman–Crippen LogP) is 2.28. The average molecular weight is 553 g/mol. The Balaban J connectivity index is 1.70. The van der Waals surface area contributed by atoms with Crippen molar-refractivity contribution >= 4 is 27.8 Å². The van der Waals surface area contributed by atoms with Crippen molar-refractivity contribution in [2.24, 2.45) is 0 Å². The number of carbonyl (C=O) groups is 3. The Kier molecular flexibility index (Phi) is 10.2. The van der Waals surface area contributed by atoms with Gasteiger partial charge in [-0.05, 0) is 60.7 Å². The number of aryl methyl sites for hydroxylation is 1. The van der Waals surface area contributed by atoms with Gasteiger partial charge in [-0.2, -0.15) is 0 Å². The monoisotopic (exact) mass is 552 g/mol. The highest BCUT2D eigenvalue weighted by Gasteiger charge is 2.21. The van der Waals surface area contributed by atoms with E-state index in [4.69, 9.17) is 4.74 Å². The Bertz CT molecular complexity index is 1460. The fourth-order valence-electron chi connectivity index (χ4n) is 3.94. The van der Waals surface area contributed by atoms with Crippen LogP contribution >= 0.6 is 0 Å². The summed E-state index contributed by atoms with van der Waals surface area (Å²) in [6, 6.07) is 14.0. The number of unbranched alkanes of at least 4 members (excludes halogenated alkanes) is 2. The van der Waals surface area contributed by atoms with Crippen molar-refractivity contribution in [3.63, 3.8) is 0 Å². The van der Waals surface area contributed by atoms with Crippen molar-refractivity contribution in [2.45, 2.75) is 43.9 Å². The molecule has 2 aromatic carbocycles. The van der Waals surface area contributed by atoms with E-state index in [9.17, 15) is 27.9 Å². The second kappa shape index (κ2) is 13.5. The number of nitrogens with zero attached hydrogens (tertiary/aromatic N) is 1. The minimum absolute atomic E-state index is 0.100. The molecule has 0 saturated heterocycles. The lowest BCUT2D eigenvalue weighted by molar-refractivity contribution is -0.255. The van der Waals surface area contributed by atoms with Crippen molar-refractivity contribution in [3.8, 4) is 5.75 Å². The minimum Gasteiger partial charge on any atom is -0.543 e. The summed E-state index contributed by atoms with van der Waals surface area (Å²) in [6.45, 7) is 2.29. The molecule has 3 rings (SSSR count). The maximum Gasteiger partial charge on any atom is 0.266 e. The third-order valence-electron chi connectivity index (χ3n) is 5.98. The van der Waals surface area contributed by atoms with E-state index in [-0.39, 0.29) is 21.7 Å². The maximum absolute atomic E-state index is 12.9. The van der Waals surface area contributed by atoms with E-state index in [1.54, 1.807) is 7.11 Å². The molecule has 3 aromatic rings. The Morgan fingerprint density at radius 3 is 2.41 bits per heavy atom. The van der Waals surface area contributed by atoms with Gasteiger partial charge in [-0.3, -0.25) is 14.6 Å². The molecular weight excluding hydrogens is 522 g/mol. The van der Waals surface area contributed by atoms with Gasteiger partial charge in [0, 0.05) is 18.3 Å². The normalized spacial score (nSPS) is 11.0. The van der Waals surface area contributed by atoms with E-state index in [0.717, 1.165) is 24.6 Å². The number of sulfonamides is 1. The average Bonchev–Trinajstić information content (AvgIpc) is 2.93. The van der Waals surface area contributed by atoms with E-state index >= 15 is 0 Å². The van der Waals surface area contributed by atoms with E-state index in [1.807, 2.05) is 35.9 Å². The van der Waals surface area contributed by atoms with Crippen LogP contribution in [-0.4, -0.2) is 44.8 Å². The second-order valence-electron chi connectivity index (χ2n) is 8.76. The first kappa shape index (κ1) is 29.3. The molecule has 206 valence electrons. The van der Waals surface area contributed by atoms with Crippen molar-refractivity contribution in [3.05, 3.63) is 88.7 Å². The van der Waals surface area contributed by atoms with Gasteiger partial charge in [0.2, 0.25) is 0 Å². The van der Waals surface area contributed by atoms with Gasteiger partial charge < -0.3 is 20.0 Å².